The first-order chi connectivity index (χ1) is 14.0. The van der Waals surface area contributed by atoms with E-state index in [0.717, 1.165) is 51.7 Å². The molecule has 0 spiro atoms. The lowest BCUT2D eigenvalue weighted by Gasteiger charge is -2.11. The van der Waals surface area contributed by atoms with Crippen LogP contribution in [0.5, 0.6) is 0 Å². The summed E-state index contributed by atoms with van der Waals surface area (Å²) in [5.74, 6) is -0.132. The molecule has 1 aliphatic carbocycles. The zero-order valence-electron chi connectivity index (χ0n) is 15.8. The second-order valence-corrected chi connectivity index (χ2v) is 8.35. The van der Waals surface area contributed by atoms with E-state index < -0.39 is 0 Å². The van der Waals surface area contributed by atoms with Crippen LogP contribution in [0.2, 0.25) is 5.02 Å². The second kappa shape index (κ2) is 6.82. The molecule has 3 heterocycles. The van der Waals surface area contributed by atoms with Crippen molar-refractivity contribution in [2.45, 2.75) is 19.8 Å². The van der Waals surface area contributed by atoms with Gasteiger partial charge in [0.25, 0.3) is 0 Å². The number of halogens is 1. The minimum atomic E-state index is -0.132. The highest BCUT2D eigenvalue weighted by molar-refractivity contribution is 7.19. The first-order valence-electron chi connectivity index (χ1n) is 9.14. The molecule has 29 heavy (non-hydrogen) atoms. The predicted molar refractivity (Wildman–Crippen MR) is 114 cm³/mol. The van der Waals surface area contributed by atoms with Crippen LogP contribution in [0.25, 0.3) is 27.6 Å². The molecule has 1 amide bonds. The third-order valence-corrected chi connectivity index (χ3v) is 6.16. The van der Waals surface area contributed by atoms with Gasteiger partial charge < -0.3 is 9.88 Å². The lowest BCUT2D eigenvalue weighted by atomic mass is 9.97. The van der Waals surface area contributed by atoms with Crippen LogP contribution in [-0.4, -0.2) is 30.2 Å². The number of hydrogen-bond donors (Lipinski definition) is 1. The highest BCUT2D eigenvalue weighted by atomic mass is 35.5. The largest absolute Gasteiger partial charge is 0.340 e. The fourth-order valence-electron chi connectivity index (χ4n) is 3.62. The van der Waals surface area contributed by atoms with Gasteiger partial charge in [0.05, 0.1) is 33.3 Å². The third-order valence-electron chi connectivity index (χ3n) is 4.82. The molecular formula is C20H17ClN6OS. The van der Waals surface area contributed by atoms with Crippen molar-refractivity contribution in [1.29, 1.82) is 0 Å². The molecule has 146 valence electrons. The Morgan fingerprint density at radius 3 is 2.83 bits per heavy atom. The molecule has 0 atom stereocenters. The number of imidazole rings is 1. The number of para-hydroxylation sites is 1. The van der Waals surface area contributed by atoms with Crippen molar-refractivity contribution in [1.82, 2.24) is 24.3 Å². The van der Waals surface area contributed by atoms with Crippen LogP contribution in [-0.2, 0) is 24.7 Å². The van der Waals surface area contributed by atoms with Crippen molar-refractivity contribution in [3.05, 3.63) is 53.1 Å². The fraction of sp³-hybridized carbons (Fsp3) is 0.200. The van der Waals surface area contributed by atoms with Crippen LogP contribution < -0.4 is 5.32 Å². The standard InChI is InChI=1S/C20H17ClN6OS/c1-11(28)23-20-24-14-8-7-12-17(19(14)29-20)25-27(16-6-4-3-5-13(16)21)18(12)15-9-26(2)10-22-15/h3-6,9-10H,7-8H2,1-2H3,(H,23,24,28). The number of carbonyl (C=O) groups excluding carboxylic acids is 1. The molecule has 1 N–H and O–H groups in total. The topological polar surface area (TPSA) is 77.6 Å². The number of carbonyl (C=O) groups is 1. The quantitative estimate of drug-likeness (QED) is 0.537. The Balaban J connectivity index is 1.75. The highest BCUT2D eigenvalue weighted by Gasteiger charge is 2.30. The Morgan fingerprint density at radius 1 is 1.28 bits per heavy atom. The maximum absolute atomic E-state index is 11.5. The molecular weight excluding hydrogens is 408 g/mol. The molecule has 0 bridgehead atoms. The summed E-state index contributed by atoms with van der Waals surface area (Å²) in [6.07, 6.45) is 5.34. The van der Waals surface area contributed by atoms with E-state index >= 15 is 0 Å². The summed E-state index contributed by atoms with van der Waals surface area (Å²) in [4.78, 5) is 21.6. The summed E-state index contributed by atoms with van der Waals surface area (Å²) in [5, 5.41) is 8.95. The van der Waals surface area contributed by atoms with Gasteiger partial charge in [0.15, 0.2) is 5.13 Å². The Labute approximate surface area is 176 Å². The number of aromatic nitrogens is 5. The number of benzene rings is 1. The molecule has 0 unspecified atom stereocenters. The Morgan fingerprint density at radius 2 is 2.10 bits per heavy atom. The second-order valence-electron chi connectivity index (χ2n) is 6.94. The van der Waals surface area contributed by atoms with Crippen molar-refractivity contribution >= 4 is 34.0 Å². The van der Waals surface area contributed by atoms with Gasteiger partial charge in [0.1, 0.15) is 11.4 Å². The van der Waals surface area contributed by atoms with Gasteiger partial charge in [-0.3, -0.25) is 4.79 Å². The molecule has 7 nitrogen and oxygen atoms in total. The van der Waals surface area contributed by atoms with E-state index in [1.807, 2.05) is 46.8 Å². The van der Waals surface area contributed by atoms with E-state index in [-0.39, 0.29) is 5.91 Å². The van der Waals surface area contributed by atoms with E-state index in [0.29, 0.717) is 10.2 Å². The first-order valence-corrected chi connectivity index (χ1v) is 10.3. The third kappa shape index (κ3) is 3.04. The van der Waals surface area contributed by atoms with Gasteiger partial charge in [-0.1, -0.05) is 35.1 Å². The smallest absolute Gasteiger partial charge is 0.223 e. The van der Waals surface area contributed by atoms with Gasteiger partial charge in [0.2, 0.25) is 5.91 Å². The minimum Gasteiger partial charge on any atom is -0.340 e. The molecule has 0 fully saturated rings. The fourth-order valence-corrected chi connectivity index (χ4v) is 4.91. The summed E-state index contributed by atoms with van der Waals surface area (Å²) in [6.45, 7) is 1.48. The summed E-state index contributed by atoms with van der Waals surface area (Å²) < 4.78 is 3.80. The van der Waals surface area contributed by atoms with Crippen LogP contribution in [0.1, 0.15) is 18.2 Å². The molecule has 9 heteroatoms. The maximum Gasteiger partial charge on any atom is 0.223 e. The van der Waals surface area contributed by atoms with Crippen molar-refractivity contribution in [3.63, 3.8) is 0 Å². The average Bonchev–Trinajstić information content (AvgIpc) is 3.36. The molecule has 0 saturated carbocycles. The van der Waals surface area contributed by atoms with Gasteiger partial charge >= 0.3 is 0 Å². The maximum atomic E-state index is 11.5. The Bertz CT molecular complexity index is 1250. The first kappa shape index (κ1) is 18.1. The number of amides is 1. The average molecular weight is 425 g/mol. The molecule has 0 radical (unpaired) electrons. The lowest BCUT2D eigenvalue weighted by Crippen LogP contribution is -2.06. The molecule has 0 saturated heterocycles. The summed E-state index contributed by atoms with van der Waals surface area (Å²) >= 11 is 7.96. The van der Waals surface area contributed by atoms with Crippen molar-refractivity contribution in [2.75, 3.05) is 5.32 Å². The highest BCUT2D eigenvalue weighted by Crippen LogP contribution is 2.43. The normalized spacial score (nSPS) is 12.5. The van der Waals surface area contributed by atoms with E-state index in [1.165, 1.54) is 18.3 Å². The van der Waals surface area contributed by atoms with Gasteiger partial charge in [-0.25, -0.2) is 14.6 Å². The van der Waals surface area contributed by atoms with Crippen LogP contribution in [0.3, 0.4) is 0 Å². The number of aryl methyl sites for hydroxylation is 2. The van der Waals surface area contributed by atoms with E-state index in [9.17, 15) is 4.79 Å². The molecule has 1 aromatic carbocycles. The van der Waals surface area contributed by atoms with Gasteiger partial charge in [-0.2, -0.15) is 5.10 Å². The number of hydrogen-bond acceptors (Lipinski definition) is 5. The van der Waals surface area contributed by atoms with E-state index in [1.54, 1.807) is 6.33 Å². The van der Waals surface area contributed by atoms with Crippen LogP contribution in [0.15, 0.2) is 36.8 Å². The minimum absolute atomic E-state index is 0.132. The van der Waals surface area contributed by atoms with Crippen LogP contribution in [0.4, 0.5) is 5.13 Å². The number of thiazole rings is 1. The molecule has 1 aliphatic rings. The zero-order valence-corrected chi connectivity index (χ0v) is 17.4. The number of anilines is 1. The summed E-state index contributed by atoms with van der Waals surface area (Å²) in [5.41, 5.74) is 5.54. The van der Waals surface area contributed by atoms with Gasteiger partial charge in [0, 0.05) is 25.7 Å². The van der Waals surface area contributed by atoms with Gasteiger partial charge in [-0.05, 0) is 25.0 Å². The molecule has 3 aromatic heterocycles. The number of rotatable bonds is 3. The monoisotopic (exact) mass is 424 g/mol. The van der Waals surface area contributed by atoms with E-state index in [4.69, 9.17) is 16.7 Å². The van der Waals surface area contributed by atoms with Gasteiger partial charge in [-0.15, -0.1) is 0 Å². The number of fused-ring (bicyclic) bond motifs is 3. The summed E-state index contributed by atoms with van der Waals surface area (Å²) in [7, 11) is 1.94. The Kier molecular flexibility index (Phi) is 4.25. The van der Waals surface area contributed by atoms with Crippen LogP contribution in [0, 0.1) is 0 Å². The molecule has 0 aliphatic heterocycles. The number of nitrogens with one attached hydrogen (secondary N) is 1. The van der Waals surface area contributed by atoms with E-state index in [2.05, 4.69) is 15.3 Å². The lowest BCUT2D eigenvalue weighted by molar-refractivity contribution is -0.114. The zero-order chi connectivity index (χ0) is 20.1. The Hall–Kier alpha value is -2.97. The van der Waals surface area contributed by atoms with Crippen LogP contribution >= 0.6 is 22.9 Å². The van der Waals surface area contributed by atoms with Crippen molar-refractivity contribution in [2.24, 2.45) is 7.05 Å². The summed E-state index contributed by atoms with van der Waals surface area (Å²) in [6, 6.07) is 7.64. The molecule has 5 rings (SSSR count). The van der Waals surface area contributed by atoms with Crippen molar-refractivity contribution < 1.29 is 4.79 Å². The molecule has 4 aromatic rings. The number of nitrogens with zero attached hydrogens (tertiary/aromatic N) is 5. The predicted octanol–water partition coefficient (Wildman–Crippen LogP) is 4.11. The van der Waals surface area contributed by atoms with Crippen molar-refractivity contribution in [3.8, 4) is 27.6 Å². The SMILES string of the molecule is CC(=O)Nc1nc2c(s1)-c1nn(-c3ccccc3Cl)c(-c3cn(C)cn3)c1CC2.